The van der Waals surface area contributed by atoms with Gasteiger partial charge in [-0.3, -0.25) is 0 Å². The molecule has 1 saturated heterocycles. The van der Waals surface area contributed by atoms with Crippen molar-refractivity contribution in [3.8, 4) is 0 Å². The van der Waals surface area contributed by atoms with Gasteiger partial charge in [0, 0.05) is 12.5 Å². The lowest BCUT2D eigenvalue weighted by molar-refractivity contribution is -0.104. The van der Waals surface area contributed by atoms with E-state index in [1.54, 1.807) is 20.8 Å². The molecule has 16 heavy (non-hydrogen) atoms. The third kappa shape index (κ3) is 3.32. The molecule has 0 aromatic carbocycles. The molecule has 0 bridgehead atoms. The van der Waals surface area contributed by atoms with E-state index in [2.05, 4.69) is 0 Å². The Morgan fingerprint density at radius 1 is 1.44 bits per heavy atom. The zero-order valence-corrected chi connectivity index (χ0v) is 10.2. The standard InChI is InChI=1S/C11H19F2NO2/c1-8-5-6-14(7-11(8,12)13)9(15)16-10(2,3)4/h8H,5-7H2,1-4H3. The fourth-order valence-corrected chi connectivity index (χ4v) is 1.53. The quantitative estimate of drug-likeness (QED) is 0.646. The van der Waals surface area contributed by atoms with Crippen molar-refractivity contribution in [2.45, 2.75) is 45.6 Å². The van der Waals surface area contributed by atoms with Gasteiger partial charge in [-0.05, 0) is 27.2 Å². The molecule has 1 unspecified atom stereocenters. The number of hydrogen-bond donors (Lipinski definition) is 0. The van der Waals surface area contributed by atoms with Crippen molar-refractivity contribution in [2.75, 3.05) is 13.1 Å². The average molecular weight is 235 g/mol. The van der Waals surface area contributed by atoms with E-state index in [4.69, 9.17) is 4.74 Å². The van der Waals surface area contributed by atoms with Crippen molar-refractivity contribution in [1.82, 2.24) is 4.90 Å². The van der Waals surface area contributed by atoms with Crippen LogP contribution in [0.1, 0.15) is 34.1 Å². The van der Waals surface area contributed by atoms with Crippen molar-refractivity contribution in [2.24, 2.45) is 5.92 Å². The van der Waals surface area contributed by atoms with Crippen LogP contribution in [0.25, 0.3) is 0 Å². The van der Waals surface area contributed by atoms with E-state index in [0.717, 1.165) is 4.90 Å². The molecule has 1 fully saturated rings. The summed E-state index contributed by atoms with van der Waals surface area (Å²) in [6, 6.07) is 0. The minimum Gasteiger partial charge on any atom is -0.444 e. The monoisotopic (exact) mass is 235 g/mol. The predicted molar refractivity (Wildman–Crippen MR) is 56.5 cm³/mol. The van der Waals surface area contributed by atoms with Gasteiger partial charge in [0.15, 0.2) is 0 Å². The normalized spacial score (nSPS) is 25.4. The Bertz CT molecular complexity index is 274. The Balaban J connectivity index is 2.60. The molecular formula is C11H19F2NO2. The van der Waals surface area contributed by atoms with Crippen LogP contribution >= 0.6 is 0 Å². The molecule has 1 aliphatic heterocycles. The second kappa shape index (κ2) is 4.18. The van der Waals surface area contributed by atoms with E-state index in [-0.39, 0.29) is 0 Å². The van der Waals surface area contributed by atoms with Gasteiger partial charge < -0.3 is 9.64 Å². The molecule has 0 spiro atoms. The first kappa shape index (κ1) is 13.2. The van der Waals surface area contributed by atoms with E-state index in [0.29, 0.717) is 13.0 Å². The summed E-state index contributed by atoms with van der Waals surface area (Å²) in [5.41, 5.74) is -0.643. The number of rotatable bonds is 0. The number of piperidine rings is 1. The number of nitrogens with zero attached hydrogens (tertiary/aromatic N) is 1. The molecule has 1 atom stereocenters. The maximum Gasteiger partial charge on any atom is 0.410 e. The SMILES string of the molecule is CC1CCN(C(=O)OC(C)(C)C)CC1(F)F. The average Bonchev–Trinajstić information content (AvgIpc) is 2.06. The zero-order valence-electron chi connectivity index (χ0n) is 10.2. The van der Waals surface area contributed by atoms with Crippen LogP contribution in [0.2, 0.25) is 0 Å². The fraction of sp³-hybridized carbons (Fsp3) is 0.909. The molecule has 0 aromatic heterocycles. The second-order valence-electron chi connectivity index (χ2n) is 5.35. The van der Waals surface area contributed by atoms with Crippen LogP contribution in [0, 0.1) is 5.92 Å². The molecule has 94 valence electrons. The topological polar surface area (TPSA) is 29.5 Å². The number of carbonyl (C=O) groups is 1. The smallest absolute Gasteiger partial charge is 0.410 e. The highest BCUT2D eigenvalue weighted by Gasteiger charge is 2.44. The number of halogens is 2. The van der Waals surface area contributed by atoms with Crippen molar-refractivity contribution >= 4 is 6.09 Å². The second-order valence-corrected chi connectivity index (χ2v) is 5.35. The largest absolute Gasteiger partial charge is 0.444 e. The molecule has 1 rings (SSSR count). The van der Waals surface area contributed by atoms with Gasteiger partial charge in [0.1, 0.15) is 5.60 Å². The zero-order chi connectivity index (χ0) is 12.6. The first-order valence-corrected chi connectivity index (χ1v) is 5.47. The minimum atomic E-state index is -2.81. The summed E-state index contributed by atoms with van der Waals surface area (Å²) in [6.07, 6.45) is -0.342. The summed E-state index contributed by atoms with van der Waals surface area (Å²) >= 11 is 0. The third-order valence-electron chi connectivity index (χ3n) is 2.61. The Morgan fingerprint density at radius 3 is 2.44 bits per heavy atom. The van der Waals surface area contributed by atoms with Crippen LogP contribution in [-0.4, -0.2) is 35.6 Å². The summed E-state index contributed by atoms with van der Waals surface area (Å²) in [5.74, 6) is -3.49. The van der Waals surface area contributed by atoms with Gasteiger partial charge in [0.25, 0.3) is 5.92 Å². The Hall–Kier alpha value is -0.870. The fourth-order valence-electron chi connectivity index (χ4n) is 1.53. The molecule has 0 aromatic rings. The molecule has 5 heteroatoms. The number of ether oxygens (including phenoxy) is 1. The Morgan fingerprint density at radius 2 is 2.00 bits per heavy atom. The lowest BCUT2D eigenvalue weighted by Crippen LogP contribution is -2.51. The van der Waals surface area contributed by atoms with E-state index in [1.807, 2.05) is 0 Å². The van der Waals surface area contributed by atoms with Crippen LogP contribution in [0.4, 0.5) is 13.6 Å². The summed E-state index contributed by atoms with van der Waals surface area (Å²) in [4.78, 5) is 12.7. The number of hydrogen-bond acceptors (Lipinski definition) is 2. The van der Waals surface area contributed by atoms with Crippen molar-refractivity contribution < 1.29 is 18.3 Å². The summed E-state index contributed by atoms with van der Waals surface area (Å²) in [5, 5.41) is 0. The molecule has 1 aliphatic rings. The molecule has 0 N–H and O–H groups in total. The van der Waals surface area contributed by atoms with Crippen LogP contribution in [0.15, 0.2) is 0 Å². The molecule has 0 radical (unpaired) electrons. The molecular weight excluding hydrogens is 216 g/mol. The predicted octanol–water partition coefficient (Wildman–Crippen LogP) is 2.90. The van der Waals surface area contributed by atoms with E-state index < -0.39 is 30.1 Å². The summed E-state index contributed by atoms with van der Waals surface area (Å²) < 4.78 is 31.8. The van der Waals surface area contributed by atoms with E-state index in [1.165, 1.54) is 6.92 Å². The van der Waals surface area contributed by atoms with E-state index in [9.17, 15) is 13.6 Å². The summed E-state index contributed by atoms with van der Waals surface area (Å²) in [6.45, 7) is 6.46. The molecule has 0 aliphatic carbocycles. The minimum absolute atomic E-state index is 0.312. The van der Waals surface area contributed by atoms with Crippen molar-refractivity contribution in [3.05, 3.63) is 0 Å². The first-order chi connectivity index (χ1) is 7.12. The number of alkyl halides is 2. The van der Waals surface area contributed by atoms with Gasteiger partial charge in [-0.15, -0.1) is 0 Å². The molecule has 3 nitrogen and oxygen atoms in total. The highest BCUT2D eigenvalue weighted by atomic mass is 19.3. The number of likely N-dealkylation sites (tertiary alicyclic amines) is 1. The van der Waals surface area contributed by atoms with Crippen LogP contribution < -0.4 is 0 Å². The molecule has 0 saturated carbocycles. The van der Waals surface area contributed by atoms with Gasteiger partial charge >= 0.3 is 6.09 Å². The molecule has 1 amide bonds. The van der Waals surface area contributed by atoms with Crippen molar-refractivity contribution in [3.63, 3.8) is 0 Å². The Labute approximate surface area is 94.7 Å². The number of amides is 1. The van der Waals surface area contributed by atoms with Gasteiger partial charge in [-0.1, -0.05) is 6.92 Å². The van der Waals surface area contributed by atoms with Gasteiger partial charge in [0.05, 0.1) is 6.54 Å². The van der Waals surface area contributed by atoms with Crippen LogP contribution in [-0.2, 0) is 4.74 Å². The van der Waals surface area contributed by atoms with Gasteiger partial charge in [0.2, 0.25) is 0 Å². The Kier molecular flexibility index (Phi) is 3.45. The lowest BCUT2D eigenvalue weighted by Gasteiger charge is -2.37. The first-order valence-electron chi connectivity index (χ1n) is 5.47. The highest BCUT2D eigenvalue weighted by molar-refractivity contribution is 5.68. The van der Waals surface area contributed by atoms with Crippen LogP contribution in [0.5, 0.6) is 0 Å². The summed E-state index contributed by atoms with van der Waals surface area (Å²) in [7, 11) is 0. The lowest BCUT2D eigenvalue weighted by atomic mass is 9.95. The van der Waals surface area contributed by atoms with E-state index >= 15 is 0 Å². The maximum atomic E-state index is 13.4. The van der Waals surface area contributed by atoms with Gasteiger partial charge in [-0.25, -0.2) is 13.6 Å². The van der Waals surface area contributed by atoms with Crippen LogP contribution in [0.3, 0.4) is 0 Å². The highest BCUT2D eigenvalue weighted by Crippen LogP contribution is 2.32. The van der Waals surface area contributed by atoms with Gasteiger partial charge in [-0.2, -0.15) is 0 Å². The van der Waals surface area contributed by atoms with Crippen molar-refractivity contribution in [1.29, 1.82) is 0 Å². The molecule has 1 heterocycles. The maximum absolute atomic E-state index is 13.4. The third-order valence-corrected chi connectivity index (χ3v) is 2.61. The number of carbonyl (C=O) groups excluding carboxylic acids is 1.